The van der Waals surface area contributed by atoms with Crippen molar-refractivity contribution in [1.29, 1.82) is 0 Å². The molecule has 2 amide bonds. The first-order valence-electron chi connectivity index (χ1n) is 9.72. The van der Waals surface area contributed by atoms with Crippen LogP contribution >= 0.6 is 23.2 Å². The second-order valence-electron chi connectivity index (χ2n) is 8.05. The zero-order valence-corrected chi connectivity index (χ0v) is 19.5. The third-order valence-electron chi connectivity index (χ3n) is 4.85. The number of amides is 2. The monoisotopic (exact) mass is 450 g/mol. The standard InChI is InChI=1S/C23H28Cl2N2O3/c1-15(22(29)26-5)27(13-16-18(24)10-8-11-19(16)25)21(28)14-30-20-12-7-6-9-17(20)23(2,3)4/h6-12,15H,13-14H2,1-5H3,(H,26,29). The van der Waals surface area contributed by atoms with Gasteiger partial charge in [0.15, 0.2) is 6.61 Å². The van der Waals surface area contributed by atoms with Gasteiger partial charge in [0, 0.05) is 29.2 Å². The average molecular weight is 451 g/mol. The van der Waals surface area contributed by atoms with Crippen molar-refractivity contribution in [2.75, 3.05) is 13.7 Å². The second-order valence-corrected chi connectivity index (χ2v) is 8.86. The van der Waals surface area contributed by atoms with E-state index in [1.54, 1.807) is 25.1 Å². The Bertz CT molecular complexity index is 889. The Balaban J connectivity index is 2.27. The minimum atomic E-state index is -0.726. The number of nitrogens with one attached hydrogen (secondary N) is 1. The second kappa shape index (κ2) is 10.2. The van der Waals surface area contributed by atoms with Gasteiger partial charge in [-0.05, 0) is 36.1 Å². The molecular formula is C23H28Cl2N2O3. The van der Waals surface area contributed by atoms with Gasteiger partial charge in [0.05, 0.1) is 0 Å². The summed E-state index contributed by atoms with van der Waals surface area (Å²) in [6.07, 6.45) is 0. The maximum atomic E-state index is 13.1. The maximum absolute atomic E-state index is 13.1. The lowest BCUT2D eigenvalue weighted by Gasteiger charge is -2.29. The fourth-order valence-electron chi connectivity index (χ4n) is 3.08. The summed E-state index contributed by atoms with van der Waals surface area (Å²) in [5, 5.41) is 3.45. The molecule has 0 aromatic heterocycles. The smallest absolute Gasteiger partial charge is 0.261 e. The highest BCUT2D eigenvalue weighted by Gasteiger charge is 2.28. The molecule has 1 unspecified atom stereocenters. The Morgan fingerprint density at radius 3 is 2.23 bits per heavy atom. The van der Waals surface area contributed by atoms with E-state index in [0.29, 0.717) is 21.4 Å². The Labute approximate surface area is 188 Å². The van der Waals surface area contributed by atoms with Crippen LogP contribution in [0, 0.1) is 0 Å². The Morgan fingerprint density at radius 1 is 1.07 bits per heavy atom. The van der Waals surface area contributed by atoms with Crippen LogP contribution in [0.2, 0.25) is 10.0 Å². The van der Waals surface area contributed by atoms with Gasteiger partial charge >= 0.3 is 0 Å². The van der Waals surface area contributed by atoms with Gasteiger partial charge in [-0.3, -0.25) is 9.59 Å². The summed E-state index contributed by atoms with van der Waals surface area (Å²) in [5.74, 6) is 0.00842. The number of carbonyl (C=O) groups excluding carboxylic acids is 2. The predicted octanol–water partition coefficient (Wildman–Crippen LogP) is 4.83. The van der Waals surface area contributed by atoms with Gasteiger partial charge in [-0.25, -0.2) is 0 Å². The van der Waals surface area contributed by atoms with E-state index in [4.69, 9.17) is 27.9 Å². The first kappa shape index (κ1) is 24.0. The Kier molecular flexibility index (Phi) is 8.16. The number of hydrogen-bond acceptors (Lipinski definition) is 3. The molecule has 5 nitrogen and oxygen atoms in total. The third-order valence-corrected chi connectivity index (χ3v) is 5.56. The minimum absolute atomic E-state index is 0.0935. The largest absolute Gasteiger partial charge is 0.483 e. The van der Waals surface area contributed by atoms with Gasteiger partial charge in [0.25, 0.3) is 5.91 Å². The lowest BCUT2D eigenvalue weighted by Crippen LogP contribution is -2.48. The number of halogens is 2. The molecule has 30 heavy (non-hydrogen) atoms. The quantitative estimate of drug-likeness (QED) is 0.656. The molecule has 0 fully saturated rings. The zero-order chi connectivity index (χ0) is 22.5. The topological polar surface area (TPSA) is 58.6 Å². The average Bonchev–Trinajstić information content (AvgIpc) is 2.70. The lowest BCUT2D eigenvalue weighted by molar-refractivity contribution is -0.142. The molecule has 0 spiro atoms. The highest BCUT2D eigenvalue weighted by molar-refractivity contribution is 6.36. The molecule has 0 saturated carbocycles. The summed E-state index contributed by atoms with van der Waals surface area (Å²) < 4.78 is 5.88. The van der Waals surface area contributed by atoms with Gasteiger partial charge in [-0.2, -0.15) is 0 Å². The molecule has 162 valence electrons. The van der Waals surface area contributed by atoms with Crippen LogP contribution in [0.15, 0.2) is 42.5 Å². The number of hydrogen-bond donors (Lipinski definition) is 1. The van der Waals surface area contributed by atoms with Crippen LogP contribution < -0.4 is 10.1 Å². The first-order valence-corrected chi connectivity index (χ1v) is 10.5. The molecule has 0 saturated heterocycles. The van der Waals surface area contributed by atoms with Crippen LogP contribution in [0.25, 0.3) is 0 Å². The van der Waals surface area contributed by atoms with E-state index in [0.717, 1.165) is 5.56 Å². The Hall–Kier alpha value is -2.24. The third kappa shape index (κ3) is 5.89. The van der Waals surface area contributed by atoms with Gasteiger partial charge in [-0.1, -0.05) is 68.2 Å². The normalized spacial score (nSPS) is 12.2. The molecule has 1 N–H and O–H groups in total. The molecule has 2 aromatic rings. The van der Waals surface area contributed by atoms with E-state index in [1.165, 1.54) is 11.9 Å². The van der Waals surface area contributed by atoms with E-state index in [1.807, 2.05) is 24.3 Å². The summed E-state index contributed by atoms with van der Waals surface area (Å²) in [7, 11) is 1.53. The first-order chi connectivity index (χ1) is 14.1. The summed E-state index contributed by atoms with van der Waals surface area (Å²) in [5.41, 5.74) is 1.44. The van der Waals surface area contributed by atoms with Crippen LogP contribution in [0.1, 0.15) is 38.8 Å². The molecule has 0 radical (unpaired) electrons. The van der Waals surface area contributed by atoms with Crippen molar-refractivity contribution < 1.29 is 14.3 Å². The summed E-state index contributed by atoms with van der Waals surface area (Å²) in [4.78, 5) is 26.8. The highest BCUT2D eigenvalue weighted by Crippen LogP contribution is 2.31. The van der Waals surface area contributed by atoms with Crippen molar-refractivity contribution in [1.82, 2.24) is 10.2 Å². The molecule has 0 heterocycles. The molecule has 0 aliphatic heterocycles. The van der Waals surface area contributed by atoms with E-state index < -0.39 is 6.04 Å². The van der Waals surface area contributed by atoms with Gasteiger partial charge in [-0.15, -0.1) is 0 Å². The van der Waals surface area contributed by atoms with Crippen LogP contribution in [0.5, 0.6) is 5.75 Å². The summed E-state index contributed by atoms with van der Waals surface area (Å²) >= 11 is 12.6. The van der Waals surface area contributed by atoms with Crippen molar-refractivity contribution in [2.45, 2.75) is 45.7 Å². The van der Waals surface area contributed by atoms with Crippen molar-refractivity contribution in [3.05, 3.63) is 63.6 Å². The lowest BCUT2D eigenvalue weighted by atomic mass is 9.86. The predicted molar refractivity (Wildman–Crippen MR) is 121 cm³/mol. The SMILES string of the molecule is CNC(=O)C(C)N(Cc1c(Cl)cccc1Cl)C(=O)COc1ccccc1C(C)(C)C. The number of nitrogens with zero attached hydrogens (tertiary/aromatic N) is 1. The van der Waals surface area contributed by atoms with Crippen LogP contribution in [-0.2, 0) is 21.5 Å². The molecule has 2 aromatic carbocycles. The van der Waals surface area contributed by atoms with E-state index in [9.17, 15) is 9.59 Å². The number of benzene rings is 2. The summed E-state index contributed by atoms with van der Waals surface area (Å²) in [6, 6.07) is 12.0. The molecule has 0 aliphatic rings. The van der Waals surface area contributed by atoms with Gasteiger partial charge in [0.1, 0.15) is 11.8 Å². The van der Waals surface area contributed by atoms with Crippen molar-refractivity contribution >= 4 is 35.0 Å². The fraction of sp³-hybridized carbons (Fsp3) is 0.391. The molecule has 0 bridgehead atoms. The molecule has 7 heteroatoms. The number of ether oxygens (including phenoxy) is 1. The maximum Gasteiger partial charge on any atom is 0.261 e. The zero-order valence-electron chi connectivity index (χ0n) is 18.0. The van der Waals surface area contributed by atoms with Crippen molar-refractivity contribution in [2.24, 2.45) is 0 Å². The molecule has 2 rings (SSSR count). The van der Waals surface area contributed by atoms with Crippen LogP contribution in [0.3, 0.4) is 0 Å². The fourth-order valence-corrected chi connectivity index (χ4v) is 3.60. The molecule has 1 atom stereocenters. The minimum Gasteiger partial charge on any atom is -0.483 e. The van der Waals surface area contributed by atoms with E-state index in [2.05, 4.69) is 26.1 Å². The number of likely N-dealkylation sites (N-methyl/N-ethyl adjacent to an activating group) is 1. The highest BCUT2D eigenvalue weighted by atomic mass is 35.5. The summed E-state index contributed by atoms with van der Waals surface area (Å²) in [6.45, 7) is 7.78. The van der Waals surface area contributed by atoms with Crippen molar-refractivity contribution in [3.8, 4) is 5.75 Å². The Morgan fingerprint density at radius 2 is 1.67 bits per heavy atom. The molecular weight excluding hydrogens is 423 g/mol. The number of carbonyl (C=O) groups is 2. The number of para-hydroxylation sites is 1. The van der Waals surface area contributed by atoms with E-state index >= 15 is 0 Å². The van der Waals surface area contributed by atoms with Gasteiger partial charge in [0.2, 0.25) is 5.91 Å². The van der Waals surface area contributed by atoms with Crippen LogP contribution in [-0.4, -0.2) is 36.4 Å². The van der Waals surface area contributed by atoms with Gasteiger partial charge < -0.3 is 15.0 Å². The molecule has 0 aliphatic carbocycles. The van der Waals surface area contributed by atoms with Crippen molar-refractivity contribution in [3.63, 3.8) is 0 Å². The van der Waals surface area contributed by atoms with E-state index in [-0.39, 0.29) is 30.4 Å². The number of rotatable bonds is 7. The van der Waals surface area contributed by atoms with Crippen LogP contribution in [0.4, 0.5) is 0 Å².